The maximum Gasteiger partial charge on any atom is 0.305 e. The van der Waals surface area contributed by atoms with Gasteiger partial charge in [-0.05, 0) is 25.5 Å². The van der Waals surface area contributed by atoms with Gasteiger partial charge >= 0.3 is 5.97 Å². The minimum atomic E-state index is -3.77. The molecule has 1 aromatic carbocycles. The SMILES string of the molecule is CCCCCCCCCC(=O)OCCOCCOCCOCCOCCOCCOCCOS(=O)(=O)c1ccc(C)cc1. The third-order valence-corrected chi connectivity index (χ3v) is 7.44. The molecule has 0 aliphatic heterocycles. The maximum absolute atomic E-state index is 12.1. The number of aryl methyl sites for hydroxylation is 1. The van der Waals surface area contributed by atoms with Crippen molar-refractivity contribution in [3.8, 4) is 0 Å². The van der Waals surface area contributed by atoms with E-state index in [-0.39, 0.29) is 30.7 Å². The third-order valence-electron chi connectivity index (χ3n) is 6.11. The van der Waals surface area contributed by atoms with E-state index in [0.717, 1.165) is 18.4 Å². The zero-order valence-electron chi connectivity index (χ0n) is 26.3. The summed E-state index contributed by atoms with van der Waals surface area (Å²) in [5.41, 5.74) is 0.975. The van der Waals surface area contributed by atoms with Crippen molar-refractivity contribution in [3.05, 3.63) is 29.8 Å². The topological polar surface area (TPSA) is 125 Å². The van der Waals surface area contributed by atoms with Crippen molar-refractivity contribution in [2.75, 3.05) is 92.5 Å². The van der Waals surface area contributed by atoms with Crippen molar-refractivity contribution in [2.24, 2.45) is 0 Å². The van der Waals surface area contributed by atoms with Gasteiger partial charge in [-0.15, -0.1) is 0 Å². The van der Waals surface area contributed by atoms with Gasteiger partial charge in [-0.2, -0.15) is 8.42 Å². The van der Waals surface area contributed by atoms with Crippen LogP contribution in [0.3, 0.4) is 0 Å². The zero-order chi connectivity index (χ0) is 31.3. The standard InChI is InChI=1S/C31H54O11S/c1-3-4-5-6-7-8-9-10-31(32)41-27-25-39-23-21-37-19-17-35-15-16-36-18-20-38-22-24-40-26-28-42-43(33,34)30-13-11-29(2)12-14-30/h11-14H,3-10,15-28H2,1-2H3. The van der Waals surface area contributed by atoms with E-state index in [1.807, 2.05) is 6.92 Å². The molecule has 0 aliphatic carbocycles. The van der Waals surface area contributed by atoms with E-state index in [1.54, 1.807) is 12.1 Å². The smallest absolute Gasteiger partial charge is 0.305 e. The number of rotatable bonds is 31. The molecule has 0 fully saturated rings. The van der Waals surface area contributed by atoms with E-state index >= 15 is 0 Å². The van der Waals surface area contributed by atoms with Crippen LogP contribution in [0.4, 0.5) is 0 Å². The highest BCUT2D eigenvalue weighted by atomic mass is 32.2. The first-order valence-corrected chi connectivity index (χ1v) is 16.9. The molecule has 0 unspecified atom stereocenters. The Kier molecular flexibility index (Phi) is 25.5. The van der Waals surface area contributed by atoms with Crippen LogP contribution < -0.4 is 0 Å². The first-order valence-electron chi connectivity index (χ1n) is 15.5. The van der Waals surface area contributed by atoms with E-state index in [1.165, 1.54) is 44.2 Å². The van der Waals surface area contributed by atoms with Crippen LogP contribution >= 0.6 is 0 Å². The van der Waals surface area contributed by atoms with Crippen LogP contribution in [0.5, 0.6) is 0 Å². The molecule has 0 radical (unpaired) electrons. The lowest BCUT2D eigenvalue weighted by molar-refractivity contribution is -0.145. The van der Waals surface area contributed by atoms with Crippen LogP contribution in [-0.4, -0.2) is 107 Å². The number of ether oxygens (including phenoxy) is 7. The largest absolute Gasteiger partial charge is 0.463 e. The molecule has 0 N–H and O–H groups in total. The van der Waals surface area contributed by atoms with Crippen LogP contribution in [0.1, 0.15) is 63.9 Å². The van der Waals surface area contributed by atoms with E-state index in [9.17, 15) is 13.2 Å². The van der Waals surface area contributed by atoms with E-state index in [4.69, 9.17) is 37.3 Å². The third kappa shape index (κ3) is 24.4. The Balaban J connectivity index is 1.74. The number of carbonyl (C=O) groups is 1. The fourth-order valence-electron chi connectivity index (χ4n) is 3.69. The van der Waals surface area contributed by atoms with E-state index < -0.39 is 10.1 Å². The fourth-order valence-corrected chi connectivity index (χ4v) is 4.58. The average molecular weight is 635 g/mol. The Hall–Kier alpha value is -1.64. The summed E-state index contributed by atoms with van der Waals surface area (Å²) in [5, 5.41) is 0. The second-order valence-electron chi connectivity index (χ2n) is 9.86. The second kappa shape index (κ2) is 27.9. The Labute approximate surface area is 258 Å². The molecule has 0 aliphatic rings. The summed E-state index contributed by atoms with van der Waals surface area (Å²) in [5.74, 6) is -0.151. The Morgan fingerprint density at radius 1 is 0.558 bits per heavy atom. The van der Waals surface area contributed by atoms with Gasteiger partial charge in [0.1, 0.15) is 6.61 Å². The highest BCUT2D eigenvalue weighted by molar-refractivity contribution is 7.86. The normalized spacial score (nSPS) is 11.7. The van der Waals surface area contributed by atoms with Gasteiger partial charge in [-0.25, -0.2) is 0 Å². The van der Waals surface area contributed by atoms with Gasteiger partial charge in [-0.1, -0.05) is 63.1 Å². The Bertz CT molecular complexity index is 878. The Morgan fingerprint density at radius 2 is 0.953 bits per heavy atom. The summed E-state index contributed by atoms with van der Waals surface area (Å²) in [6, 6.07) is 6.48. The molecule has 0 amide bonds. The Morgan fingerprint density at radius 3 is 1.42 bits per heavy atom. The van der Waals surface area contributed by atoms with Crippen LogP contribution in [0.25, 0.3) is 0 Å². The molecule has 1 rings (SSSR count). The molecule has 0 heterocycles. The summed E-state index contributed by atoms with van der Waals surface area (Å²) in [7, 11) is -3.77. The van der Waals surface area contributed by atoms with Crippen molar-refractivity contribution >= 4 is 16.1 Å². The van der Waals surface area contributed by atoms with Crippen molar-refractivity contribution in [3.63, 3.8) is 0 Å². The van der Waals surface area contributed by atoms with Crippen molar-refractivity contribution in [1.29, 1.82) is 0 Å². The predicted molar refractivity (Wildman–Crippen MR) is 163 cm³/mol. The van der Waals surface area contributed by atoms with Gasteiger partial charge in [-0.3, -0.25) is 8.98 Å². The molecular formula is C31H54O11S. The quantitative estimate of drug-likeness (QED) is 0.0652. The van der Waals surface area contributed by atoms with Crippen molar-refractivity contribution in [2.45, 2.75) is 70.1 Å². The van der Waals surface area contributed by atoms with Crippen LogP contribution in [0.15, 0.2) is 29.2 Å². The summed E-state index contributed by atoms with van der Waals surface area (Å²) >= 11 is 0. The predicted octanol–water partition coefficient (Wildman–Crippen LogP) is 4.48. The summed E-state index contributed by atoms with van der Waals surface area (Å²) in [6.07, 6.45) is 8.74. The monoisotopic (exact) mass is 634 g/mol. The molecule has 0 spiro atoms. The van der Waals surface area contributed by atoms with Crippen LogP contribution in [0.2, 0.25) is 0 Å². The van der Waals surface area contributed by atoms with E-state index in [0.29, 0.717) is 79.1 Å². The second-order valence-corrected chi connectivity index (χ2v) is 11.5. The molecule has 0 bridgehead atoms. The van der Waals surface area contributed by atoms with Crippen molar-refractivity contribution < 1.29 is 50.6 Å². The van der Waals surface area contributed by atoms with Gasteiger partial charge in [0.15, 0.2) is 0 Å². The first kappa shape index (κ1) is 39.4. The number of hydrogen-bond donors (Lipinski definition) is 0. The number of carbonyl (C=O) groups excluding carboxylic acids is 1. The molecule has 1 aromatic rings. The van der Waals surface area contributed by atoms with E-state index in [2.05, 4.69) is 6.92 Å². The zero-order valence-corrected chi connectivity index (χ0v) is 27.1. The molecule has 0 atom stereocenters. The first-order chi connectivity index (χ1) is 21.0. The molecule has 0 saturated carbocycles. The summed E-state index contributed by atoms with van der Waals surface area (Å²) in [4.78, 5) is 11.8. The lowest BCUT2D eigenvalue weighted by Crippen LogP contribution is -2.15. The lowest BCUT2D eigenvalue weighted by atomic mass is 10.1. The molecule has 0 aromatic heterocycles. The lowest BCUT2D eigenvalue weighted by Gasteiger charge is -2.09. The number of hydrogen-bond acceptors (Lipinski definition) is 11. The maximum atomic E-state index is 12.1. The van der Waals surface area contributed by atoms with Gasteiger partial charge in [0.25, 0.3) is 10.1 Å². The summed E-state index contributed by atoms with van der Waals surface area (Å²) < 4.78 is 66.7. The van der Waals surface area contributed by atoms with Crippen LogP contribution in [0, 0.1) is 6.92 Å². The number of benzene rings is 1. The minimum absolute atomic E-state index is 0.0593. The summed E-state index contributed by atoms with van der Waals surface area (Å²) in [6.45, 7) is 9.10. The molecule has 11 nitrogen and oxygen atoms in total. The highest BCUT2D eigenvalue weighted by Gasteiger charge is 2.14. The van der Waals surface area contributed by atoms with Crippen molar-refractivity contribution in [1.82, 2.24) is 0 Å². The van der Waals surface area contributed by atoms with Crippen LogP contribution in [-0.2, 0) is 52.3 Å². The van der Waals surface area contributed by atoms with Gasteiger partial charge < -0.3 is 33.2 Å². The molecule has 12 heteroatoms. The van der Waals surface area contributed by atoms with Gasteiger partial charge in [0.2, 0.25) is 0 Å². The minimum Gasteiger partial charge on any atom is -0.463 e. The molecular weight excluding hydrogens is 580 g/mol. The van der Waals surface area contributed by atoms with Gasteiger partial charge in [0, 0.05) is 6.42 Å². The molecule has 250 valence electrons. The highest BCUT2D eigenvalue weighted by Crippen LogP contribution is 2.13. The van der Waals surface area contributed by atoms with Gasteiger partial charge in [0.05, 0.1) is 90.8 Å². The average Bonchev–Trinajstić information content (AvgIpc) is 2.99. The number of esters is 1. The fraction of sp³-hybridized carbons (Fsp3) is 0.774. The molecule has 43 heavy (non-hydrogen) atoms. The molecule has 0 saturated heterocycles. The number of unbranched alkanes of at least 4 members (excludes halogenated alkanes) is 6.